The van der Waals surface area contributed by atoms with Gasteiger partial charge >= 0.3 is 6.03 Å². The van der Waals surface area contributed by atoms with Crippen LogP contribution in [0, 0.1) is 6.92 Å². The molecule has 0 bridgehead atoms. The van der Waals surface area contributed by atoms with Crippen molar-refractivity contribution in [1.82, 2.24) is 20.6 Å². The summed E-state index contributed by atoms with van der Waals surface area (Å²) in [6, 6.07) is 19.1. The Morgan fingerprint density at radius 3 is 2.31 bits per heavy atom. The number of hydrogen-bond donors (Lipinski definition) is 3. The fourth-order valence-electron chi connectivity index (χ4n) is 2.74. The average Bonchev–Trinajstić information content (AvgIpc) is 3.06. The maximum atomic E-state index is 12.3. The standard InChI is InChI=1S/C22H24N4O2S/c1-15-19(13-17-9-5-3-6-10-17)25-22(24-15)29-16(2)20(27)26-21(28)23-14-18-11-7-4-8-12-18/h3-12,16H,13-14H2,1-2H3,(H,24,25)(H2,23,26,27,28). The van der Waals surface area contributed by atoms with Gasteiger partial charge in [0.15, 0.2) is 5.16 Å². The second kappa shape index (κ2) is 9.93. The van der Waals surface area contributed by atoms with Crippen LogP contribution in [0.25, 0.3) is 0 Å². The van der Waals surface area contributed by atoms with Crippen molar-refractivity contribution in [1.29, 1.82) is 0 Å². The molecule has 0 saturated carbocycles. The Morgan fingerprint density at radius 1 is 1.03 bits per heavy atom. The van der Waals surface area contributed by atoms with Gasteiger partial charge in [-0.25, -0.2) is 9.78 Å². The first-order chi connectivity index (χ1) is 14.0. The van der Waals surface area contributed by atoms with Crippen LogP contribution in [-0.2, 0) is 17.8 Å². The lowest BCUT2D eigenvalue weighted by Crippen LogP contribution is -2.42. The van der Waals surface area contributed by atoms with Gasteiger partial charge in [0.25, 0.3) is 0 Å². The van der Waals surface area contributed by atoms with Crippen LogP contribution >= 0.6 is 11.8 Å². The molecule has 6 nitrogen and oxygen atoms in total. The molecule has 0 radical (unpaired) electrons. The van der Waals surface area contributed by atoms with Crippen LogP contribution in [0.2, 0.25) is 0 Å². The van der Waals surface area contributed by atoms with Gasteiger partial charge in [-0.1, -0.05) is 72.4 Å². The Kier molecular flexibility index (Phi) is 7.08. The zero-order chi connectivity index (χ0) is 20.6. The molecule has 7 heteroatoms. The van der Waals surface area contributed by atoms with E-state index >= 15 is 0 Å². The number of nitrogens with zero attached hydrogens (tertiary/aromatic N) is 1. The van der Waals surface area contributed by atoms with Crippen molar-refractivity contribution in [3.63, 3.8) is 0 Å². The predicted molar refractivity (Wildman–Crippen MR) is 115 cm³/mol. The number of benzene rings is 2. The fraction of sp³-hybridized carbons (Fsp3) is 0.227. The predicted octanol–water partition coefficient (Wildman–Crippen LogP) is 3.82. The number of aromatic amines is 1. The molecule has 29 heavy (non-hydrogen) atoms. The number of aromatic nitrogens is 2. The van der Waals surface area contributed by atoms with E-state index in [9.17, 15) is 9.59 Å². The normalized spacial score (nSPS) is 11.7. The molecule has 3 aromatic rings. The van der Waals surface area contributed by atoms with Crippen molar-refractivity contribution in [2.45, 2.75) is 37.2 Å². The summed E-state index contributed by atoms with van der Waals surface area (Å²) in [6.07, 6.45) is 0.728. The average molecular weight is 409 g/mol. The number of urea groups is 1. The Hall–Kier alpha value is -3.06. The smallest absolute Gasteiger partial charge is 0.321 e. The first-order valence-corrected chi connectivity index (χ1v) is 10.3. The van der Waals surface area contributed by atoms with Crippen LogP contribution in [0.3, 0.4) is 0 Å². The van der Waals surface area contributed by atoms with Gasteiger partial charge < -0.3 is 10.3 Å². The van der Waals surface area contributed by atoms with Crippen molar-refractivity contribution >= 4 is 23.7 Å². The summed E-state index contributed by atoms with van der Waals surface area (Å²) < 4.78 is 0. The third kappa shape index (κ3) is 6.22. The van der Waals surface area contributed by atoms with Gasteiger partial charge in [0.1, 0.15) is 0 Å². The Morgan fingerprint density at radius 2 is 1.66 bits per heavy atom. The lowest BCUT2D eigenvalue weighted by atomic mass is 10.1. The minimum Gasteiger partial charge on any atom is -0.337 e. The summed E-state index contributed by atoms with van der Waals surface area (Å²) in [5, 5.41) is 5.27. The first kappa shape index (κ1) is 20.7. The zero-order valence-electron chi connectivity index (χ0n) is 16.4. The van der Waals surface area contributed by atoms with E-state index in [0.717, 1.165) is 23.4 Å². The summed E-state index contributed by atoms with van der Waals surface area (Å²) in [5.74, 6) is -0.362. The SMILES string of the molecule is Cc1[nH]c(SC(C)C(=O)NC(=O)NCc2ccccc2)nc1Cc1ccccc1. The molecule has 1 aromatic heterocycles. The van der Waals surface area contributed by atoms with Crippen molar-refractivity contribution < 1.29 is 9.59 Å². The number of hydrogen-bond acceptors (Lipinski definition) is 4. The minimum absolute atomic E-state index is 0.362. The highest BCUT2D eigenvalue weighted by atomic mass is 32.2. The third-order valence-corrected chi connectivity index (χ3v) is 5.35. The molecule has 1 heterocycles. The second-order valence-corrected chi connectivity index (χ2v) is 8.02. The van der Waals surface area contributed by atoms with Crippen LogP contribution in [0.5, 0.6) is 0 Å². The van der Waals surface area contributed by atoms with Gasteiger partial charge in [-0.2, -0.15) is 0 Å². The topological polar surface area (TPSA) is 86.9 Å². The monoisotopic (exact) mass is 408 g/mol. The molecule has 150 valence electrons. The molecule has 0 fully saturated rings. The number of nitrogens with one attached hydrogen (secondary N) is 3. The van der Waals surface area contributed by atoms with Crippen molar-refractivity contribution in [3.8, 4) is 0 Å². The van der Waals surface area contributed by atoms with E-state index in [-0.39, 0.29) is 5.91 Å². The molecule has 0 aliphatic rings. The van der Waals surface area contributed by atoms with Crippen LogP contribution in [0.15, 0.2) is 65.8 Å². The highest BCUT2D eigenvalue weighted by molar-refractivity contribution is 8.00. The molecular formula is C22H24N4O2S. The molecule has 3 N–H and O–H groups in total. The summed E-state index contributed by atoms with van der Waals surface area (Å²) in [4.78, 5) is 32.1. The number of imide groups is 1. The Balaban J connectivity index is 1.50. The van der Waals surface area contributed by atoms with Crippen molar-refractivity contribution in [3.05, 3.63) is 83.2 Å². The third-order valence-electron chi connectivity index (χ3n) is 4.37. The minimum atomic E-state index is -0.508. The van der Waals surface area contributed by atoms with Gasteiger partial charge in [0.2, 0.25) is 5.91 Å². The maximum Gasteiger partial charge on any atom is 0.321 e. The second-order valence-electron chi connectivity index (χ2n) is 6.69. The highest BCUT2D eigenvalue weighted by Gasteiger charge is 2.19. The molecule has 3 rings (SSSR count). The molecular weight excluding hydrogens is 384 g/mol. The molecule has 3 amide bonds. The Labute approximate surface area is 174 Å². The molecule has 1 unspecified atom stereocenters. The summed E-state index contributed by atoms with van der Waals surface area (Å²) in [5.41, 5.74) is 4.07. The molecule has 1 atom stereocenters. The van der Waals surface area contributed by atoms with Crippen LogP contribution < -0.4 is 10.6 Å². The maximum absolute atomic E-state index is 12.3. The lowest BCUT2D eigenvalue weighted by molar-refractivity contribution is -0.119. The number of imidazole rings is 1. The number of thioether (sulfide) groups is 1. The van der Waals surface area contributed by atoms with Gasteiger partial charge in [-0.05, 0) is 25.0 Å². The highest BCUT2D eigenvalue weighted by Crippen LogP contribution is 2.23. The molecule has 0 aliphatic heterocycles. The van der Waals surface area contributed by atoms with Crippen LogP contribution in [0.4, 0.5) is 4.79 Å². The number of rotatable bonds is 7. The zero-order valence-corrected chi connectivity index (χ0v) is 17.3. The van der Waals surface area contributed by atoms with E-state index < -0.39 is 11.3 Å². The van der Waals surface area contributed by atoms with Gasteiger partial charge in [0.05, 0.1) is 10.9 Å². The van der Waals surface area contributed by atoms with Gasteiger partial charge in [-0.15, -0.1) is 0 Å². The number of aryl methyl sites for hydroxylation is 1. The van der Waals surface area contributed by atoms with Crippen LogP contribution in [-0.4, -0.2) is 27.2 Å². The van der Waals surface area contributed by atoms with Gasteiger partial charge in [-0.3, -0.25) is 10.1 Å². The molecule has 0 spiro atoms. The van der Waals surface area contributed by atoms with Crippen molar-refractivity contribution in [2.75, 3.05) is 0 Å². The Bertz CT molecular complexity index is 957. The van der Waals surface area contributed by atoms with Gasteiger partial charge in [0, 0.05) is 18.7 Å². The quantitative estimate of drug-likeness (QED) is 0.519. The molecule has 0 saturated heterocycles. The number of carbonyl (C=O) groups is 2. The lowest BCUT2D eigenvalue weighted by Gasteiger charge is -2.10. The molecule has 2 aromatic carbocycles. The van der Waals surface area contributed by atoms with E-state index in [0.29, 0.717) is 11.7 Å². The first-order valence-electron chi connectivity index (χ1n) is 9.40. The largest absolute Gasteiger partial charge is 0.337 e. The van der Waals surface area contributed by atoms with Crippen molar-refractivity contribution in [2.24, 2.45) is 0 Å². The number of H-pyrrole nitrogens is 1. The van der Waals surface area contributed by atoms with E-state index in [1.165, 1.54) is 17.3 Å². The summed E-state index contributed by atoms with van der Waals surface area (Å²) >= 11 is 1.29. The fourth-order valence-corrected chi connectivity index (χ4v) is 3.62. The van der Waals surface area contributed by atoms with E-state index in [1.54, 1.807) is 6.92 Å². The summed E-state index contributed by atoms with van der Waals surface area (Å²) in [6.45, 7) is 4.08. The van der Waals surface area contributed by atoms with E-state index in [1.807, 2.05) is 55.5 Å². The number of amides is 3. The van der Waals surface area contributed by atoms with Crippen LogP contribution in [0.1, 0.15) is 29.4 Å². The van der Waals surface area contributed by atoms with E-state index in [4.69, 9.17) is 0 Å². The summed E-state index contributed by atoms with van der Waals surface area (Å²) in [7, 11) is 0. The van der Waals surface area contributed by atoms with E-state index in [2.05, 4.69) is 32.7 Å². The molecule has 0 aliphatic carbocycles. The number of carbonyl (C=O) groups excluding carboxylic acids is 2.